The first-order valence-corrected chi connectivity index (χ1v) is 8.11. The molecule has 0 radical (unpaired) electrons. The number of aromatic nitrogens is 1. The minimum atomic E-state index is 0.163. The first-order valence-electron chi connectivity index (χ1n) is 7.31. The van der Waals surface area contributed by atoms with Crippen molar-refractivity contribution >= 4 is 15.9 Å². The molecule has 4 heteroatoms. The Kier molecular flexibility index (Phi) is 5.22. The molecule has 0 aliphatic rings. The third kappa shape index (κ3) is 4.97. The van der Waals surface area contributed by atoms with Crippen LogP contribution in [0.4, 0.5) is 0 Å². The van der Waals surface area contributed by atoms with E-state index in [1.165, 1.54) is 5.56 Å². The number of oxazole rings is 1. The number of nitrogens with one attached hydrogen (secondary N) is 1. The van der Waals surface area contributed by atoms with Crippen molar-refractivity contribution < 1.29 is 4.42 Å². The predicted octanol–water partition coefficient (Wildman–Crippen LogP) is 4.73. The standard InChI is InChI=1S/C17H23BrN2O/c1-12-10-13(18)7-8-14(12)15-11-19-16(21-15)6-5-9-20-17(2,3)4/h7-8,10-11,20H,5-6,9H2,1-4H3. The fraction of sp³-hybridized carbons (Fsp3) is 0.471. The zero-order chi connectivity index (χ0) is 15.5. The molecule has 0 aliphatic heterocycles. The fourth-order valence-corrected chi connectivity index (χ4v) is 2.63. The SMILES string of the molecule is Cc1cc(Br)ccc1-c1cnc(CCCNC(C)(C)C)o1. The molecule has 114 valence electrons. The van der Waals surface area contributed by atoms with Crippen molar-refractivity contribution in [1.82, 2.24) is 10.3 Å². The molecule has 0 amide bonds. The second-order valence-corrected chi connectivity index (χ2v) is 7.27. The first-order chi connectivity index (χ1) is 9.85. The Morgan fingerprint density at radius 1 is 1.29 bits per heavy atom. The molecule has 0 bridgehead atoms. The van der Waals surface area contributed by atoms with Crippen LogP contribution < -0.4 is 5.32 Å². The van der Waals surface area contributed by atoms with Crippen LogP contribution in [-0.4, -0.2) is 17.1 Å². The quantitative estimate of drug-likeness (QED) is 0.791. The van der Waals surface area contributed by atoms with E-state index in [4.69, 9.17) is 4.42 Å². The first kappa shape index (κ1) is 16.2. The van der Waals surface area contributed by atoms with Crippen LogP contribution in [0.5, 0.6) is 0 Å². The van der Waals surface area contributed by atoms with E-state index in [1.54, 1.807) is 0 Å². The monoisotopic (exact) mass is 350 g/mol. The van der Waals surface area contributed by atoms with Gasteiger partial charge in [0.05, 0.1) is 6.20 Å². The van der Waals surface area contributed by atoms with Crippen molar-refractivity contribution in [2.75, 3.05) is 6.54 Å². The predicted molar refractivity (Wildman–Crippen MR) is 90.5 cm³/mol. The van der Waals surface area contributed by atoms with Gasteiger partial charge in [0, 0.05) is 22.0 Å². The van der Waals surface area contributed by atoms with Crippen LogP contribution in [0.25, 0.3) is 11.3 Å². The van der Waals surface area contributed by atoms with Gasteiger partial charge < -0.3 is 9.73 Å². The molecule has 1 aromatic carbocycles. The zero-order valence-corrected chi connectivity index (χ0v) is 14.8. The third-order valence-corrected chi connectivity index (χ3v) is 3.72. The van der Waals surface area contributed by atoms with Gasteiger partial charge in [0.25, 0.3) is 0 Å². The molecule has 0 atom stereocenters. The van der Waals surface area contributed by atoms with Crippen molar-refractivity contribution in [2.24, 2.45) is 0 Å². The van der Waals surface area contributed by atoms with Crippen molar-refractivity contribution in [3.8, 4) is 11.3 Å². The zero-order valence-electron chi connectivity index (χ0n) is 13.2. The summed E-state index contributed by atoms with van der Waals surface area (Å²) in [6, 6.07) is 6.17. The van der Waals surface area contributed by atoms with Crippen LogP contribution in [0.1, 0.15) is 38.6 Å². The highest BCUT2D eigenvalue weighted by Gasteiger charge is 2.10. The van der Waals surface area contributed by atoms with E-state index in [-0.39, 0.29) is 5.54 Å². The van der Waals surface area contributed by atoms with E-state index in [1.807, 2.05) is 12.3 Å². The van der Waals surface area contributed by atoms with Gasteiger partial charge in [-0.25, -0.2) is 4.98 Å². The van der Waals surface area contributed by atoms with Crippen LogP contribution in [0.15, 0.2) is 33.3 Å². The lowest BCUT2D eigenvalue weighted by molar-refractivity contribution is 0.412. The van der Waals surface area contributed by atoms with Crippen LogP contribution in [0, 0.1) is 6.92 Å². The molecule has 1 N–H and O–H groups in total. The van der Waals surface area contributed by atoms with Crippen molar-refractivity contribution in [1.29, 1.82) is 0 Å². The average molecular weight is 351 g/mol. The second-order valence-electron chi connectivity index (χ2n) is 6.36. The van der Waals surface area contributed by atoms with Crippen molar-refractivity contribution in [2.45, 2.75) is 46.1 Å². The molecule has 1 heterocycles. The van der Waals surface area contributed by atoms with Crippen molar-refractivity contribution in [3.63, 3.8) is 0 Å². The maximum absolute atomic E-state index is 5.87. The third-order valence-electron chi connectivity index (χ3n) is 3.23. The van der Waals surface area contributed by atoms with Crippen LogP contribution in [0.3, 0.4) is 0 Å². The summed E-state index contributed by atoms with van der Waals surface area (Å²) < 4.78 is 6.95. The van der Waals surface area contributed by atoms with Gasteiger partial charge in [0.15, 0.2) is 11.7 Å². The van der Waals surface area contributed by atoms with Gasteiger partial charge in [0.2, 0.25) is 0 Å². The van der Waals surface area contributed by atoms with E-state index in [9.17, 15) is 0 Å². The highest BCUT2D eigenvalue weighted by atomic mass is 79.9. The highest BCUT2D eigenvalue weighted by Crippen LogP contribution is 2.26. The van der Waals surface area contributed by atoms with Crippen LogP contribution in [0.2, 0.25) is 0 Å². The summed E-state index contributed by atoms with van der Waals surface area (Å²) in [6.07, 6.45) is 3.71. The Labute approximate surface area is 135 Å². The summed E-state index contributed by atoms with van der Waals surface area (Å²) in [4.78, 5) is 4.38. The van der Waals surface area contributed by atoms with E-state index in [0.29, 0.717) is 0 Å². The Hall–Kier alpha value is -1.13. The molecule has 0 saturated carbocycles. The average Bonchev–Trinajstić information content (AvgIpc) is 2.82. The summed E-state index contributed by atoms with van der Waals surface area (Å²) in [7, 11) is 0. The smallest absolute Gasteiger partial charge is 0.194 e. The minimum absolute atomic E-state index is 0.163. The number of hydrogen-bond acceptors (Lipinski definition) is 3. The van der Waals surface area contributed by atoms with Gasteiger partial charge >= 0.3 is 0 Å². The van der Waals surface area contributed by atoms with E-state index in [2.05, 4.69) is 66.1 Å². The number of benzene rings is 1. The molecule has 0 aliphatic carbocycles. The molecule has 21 heavy (non-hydrogen) atoms. The highest BCUT2D eigenvalue weighted by molar-refractivity contribution is 9.10. The van der Waals surface area contributed by atoms with Gasteiger partial charge in [-0.3, -0.25) is 0 Å². The van der Waals surface area contributed by atoms with Gasteiger partial charge in [-0.15, -0.1) is 0 Å². The molecule has 0 spiro atoms. The summed E-state index contributed by atoms with van der Waals surface area (Å²) in [5.41, 5.74) is 2.45. The lowest BCUT2D eigenvalue weighted by Gasteiger charge is -2.20. The summed E-state index contributed by atoms with van der Waals surface area (Å²) in [5.74, 6) is 1.65. The Bertz CT molecular complexity index is 599. The van der Waals surface area contributed by atoms with Crippen LogP contribution >= 0.6 is 15.9 Å². The maximum Gasteiger partial charge on any atom is 0.194 e. The summed E-state index contributed by atoms with van der Waals surface area (Å²) in [6.45, 7) is 9.57. The Morgan fingerprint density at radius 2 is 2.05 bits per heavy atom. The summed E-state index contributed by atoms with van der Waals surface area (Å²) >= 11 is 3.48. The van der Waals surface area contributed by atoms with Crippen molar-refractivity contribution in [3.05, 3.63) is 40.3 Å². The Morgan fingerprint density at radius 3 is 2.71 bits per heavy atom. The second kappa shape index (κ2) is 6.75. The van der Waals surface area contributed by atoms with E-state index in [0.717, 1.165) is 41.1 Å². The van der Waals surface area contributed by atoms with Crippen LogP contribution in [-0.2, 0) is 6.42 Å². The fourth-order valence-electron chi connectivity index (χ4n) is 2.16. The molecule has 1 aromatic heterocycles. The molecular formula is C17H23BrN2O. The molecule has 0 saturated heterocycles. The molecular weight excluding hydrogens is 328 g/mol. The number of halogens is 1. The molecule has 0 unspecified atom stereocenters. The lowest BCUT2D eigenvalue weighted by atomic mass is 10.1. The molecule has 3 nitrogen and oxygen atoms in total. The number of rotatable bonds is 5. The molecule has 2 aromatic rings. The lowest BCUT2D eigenvalue weighted by Crippen LogP contribution is -2.36. The van der Waals surface area contributed by atoms with Gasteiger partial charge in [-0.05, 0) is 64.4 Å². The van der Waals surface area contributed by atoms with E-state index < -0.39 is 0 Å². The topological polar surface area (TPSA) is 38.1 Å². The van der Waals surface area contributed by atoms with Gasteiger partial charge in [-0.2, -0.15) is 0 Å². The van der Waals surface area contributed by atoms with Gasteiger partial charge in [-0.1, -0.05) is 15.9 Å². The maximum atomic E-state index is 5.87. The normalized spacial score (nSPS) is 11.9. The summed E-state index contributed by atoms with van der Waals surface area (Å²) in [5, 5.41) is 3.47. The largest absolute Gasteiger partial charge is 0.441 e. The number of nitrogens with zero attached hydrogens (tertiary/aromatic N) is 1. The molecule has 0 fully saturated rings. The number of hydrogen-bond donors (Lipinski definition) is 1. The van der Waals surface area contributed by atoms with E-state index >= 15 is 0 Å². The molecule has 2 rings (SSSR count). The number of aryl methyl sites for hydroxylation is 2. The minimum Gasteiger partial charge on any atom is -0.441 e. The Balaban J connectivity index is 1.95. The van der Waals surface area contributed by atoms with Gasteiger partial charge in [0.1, 0.15) is 0 Å².